The van der Waals surface area contributed by atoms with E-state index < -0.39 is 0 Å². The van der Waals surface area contributed by atoms with Crippen LogP contribution in [0.25, 0.3) is 0 Å². The predicted octanol–water partition coefficient (Wildman–Crippen LogP) is 0.358. The molecule has 0 aliphatic heterocycles. The molecule has 0 aliphatic carbocycles. The van der Waals surface area contributed by atoms with Gasteiger partial charge in [0.05, 0.1) is 40.4 Å². The summed E-state index contributed by atoms with van der Waals surface area (Å²) in [6, 6.07) is 5.17. The Kier molecular flexibility index (Phi) is 6.87. The quantitative estimate of drug-likeness (QED) is 0.723. The number of amides is 1. The van der Waals surface area contributed by atoms with Crippen LogP contribution in [0.2, 0.25) is 0 Å². The number of hydrogen-bond donors (Lipinski definition) is 2. The lowest BCUT2D eigenvalue weighted by Crippen LogP contribution is -3.12. The van der Waals surface area contributed by atoms with Crippen molar-refractivity contribution in [1.82, 2.24) is 5.32 Å². The number of quaternary nitrogens is 1. The Balaban J connectivity index is 2.59. The zero-order valence-electron chi connectivity index (χ0n) is 12.8. The lowest BCUT2D eigenvalue weighted by Gasteiger charge is -2.15. The Morgan fingerprint density at radius 2 is 1.80 bits per heavy atom. The first kappa shape index (κ1) is 16.3. The maximum atomic E-state index is 12.1. The lowest BCUT2D eigenvalue weighted by atomic mass is 10.2. The van der Waals surface area contributed by atoms with Gasteiger partial charge in [-0.3, -0.25) is 4.79 Å². The predicted molar refractivity (Wildman–Crippen MR) is 78.8 cm³/mol. The average molecular weight is 281 g/mol. The minimum Gasteiger partial charge on any atom is -0.493 e. The molecule has 1 rings (SSSR count). The minimum absolute atomic E-state index is 0.0856. The normalized spacial score (nSPS) is 10.4. The molecule has 20 heavy (non-hydrogen) atoms. The molecule has 2 N–H and O–H groups in total. The van der Waals surface area contributed by atoms with E-state index in [-0.39, 0.29) is 5.91 Å². The van der Waals surface area contributed by atoms with Crippen LogP contribution in [0.3, 0.4) is 0 Å². The smallest absolute Gasteiger partial charge is 0.251 e. The molecule has 1 aromatic rings. The fourth-order valence-electron chi connectivity index (χ4n) is 2.04. The summed E-state index contributed by atoms with van der Waals surface area (Å²) in [5, 5.41) is 2.93. The molecule has 0 saturated heterocycles. The number of likely N-dealkylation sites (N-methyl/N-ethyl adjacent to an activating group) is 1. The van der Waals surface area contributed by atoms with Gasteiger partial charge in [0.15, 0.2) is 11.5 Å². The molecular weight excluding hydrogens is 256 g/mol. The molecule has 0 aromatic heterocycles. The van der Waals surface area contributed by atoms with Gasteiger partial charge in [-0.2, -0.15) is 0 Å². The second-order valence-corrected chi connectivity index (χ2v) is 4.53. The van der Waals surface area contributed by atoms with Crippen molar-refractivity contribution < 1.29 is 19.2 Å². The van der Waals surface area contributed by atoms with Crippen molar-refractivity contribution >= 4 is 5.91 Å². The number of benzene rings is 1. The third kappa shape index (κ3) is 4.42. The van der Waals surface area contributed by atoms with Crippen LogP contribution in [0.5, 0.6) is 11.5 Å². The number of ether oxygens (including phenoxy) is 2. The molecule has 0 fully saturated rings. The maximum absolute atomic E-state index is 12.1. The van der Waals surface area contributed by atoms with Crippen LogP contribution in [-0.4, -0.2) is 46.3 Å². The summed E-state index contributed by atoms with van der Waals surface area (Å²) in [4.78, 5) is 13.5. The minimum atomic E-state index is -0.0856. The van der Waals surface area contributed by atoms with E-state index in [2.05, 4.69) is 19.2 Å². The van der Waals surface area contributed by atoms with Gasteiger partial charge in [-0.25, -0.2) is 0 Å². The van der Waals surface area contributed by atoms with E-state index in [1.165, 1.54) is 4.90 Å². The molecule has 0 atom stereocenters. The van der Waals surface area contributed by atoms with Gasteiger partial charge in [0.2, 0.25) is 0 Å². The van der Waals surface area contributed by atoms with Crippen molar-refractivity contribution in [2.45, 2.75) is 13.8 Å². The zero-order chi connectivity index (χ0) is 15.0. The molecule has 0 radical (unpaired) electrons. The Morgan fingerprint density at radius 3 is 2.35 bits per heavy atom. The largest absolute Gasteiger partial charge is 0.493 e. The fourth-order valence-corrected chi connectivity index (χ4v) is 2.04. The molecule has 112 valence electrons. The van der Waals surface area contributed by atoms with Gasteiger partial charge in [0.1, 0.15) is 0 Å². The molecule has 0 spiro atoms. The monoisotopic (exact) mass is 281 g/mol. The van der Waals surface area contributed by atoms with E-state index in [1.807, 2.05) is 0 Å². The first-order chi connectivity index (χ1) is 9.65. The Morgan fingerprint density at radius 1 is 1.15 bits per heavy atom. The summed E-state index contributed by atoms with van der Waals surface area (Å²) < 4.78 is 10.3. The maximum Gasteiger partial charge on any atom is 0.251 e. The molecule has 5 nitrogen and oxygen atoms in total. The summed E-state index contributed by atoms with van der Waals surface area (Å²) >= 11 is 0. The first-order valence-electron chi connectivity index (χ1n) is 7.00. The number of hydrogen-bond acceptors (Lipinski definition) is 3. The highest BCUT2D eigenvalue weighted by Gasteiger charge is 2.11. The standard InChI is InChI=1S/C15H24N2O3/c1-5-17(6-2)10-9-16-15(18)12-7-8-13(19-3)14(11-12)20-4/h7-8,11H,5-6,9-10H2,1-4H3,(H,16,18)/p+1. The fraction of sp³-hybridized carbons (Fsp3) is 0.533. The van der Waals surface area contributed by atoms with Crippen LogP contribution in [0.4, 0.5) is 0 Å². The van der Waals surface area contributed by atoms with Gasteiger partial charge < -0.3 is 19.7 Å². The van der Waals surface area contributed by atoms with Crippen molar-refractivity contribution in [3.05, 3.63) is 23.8 Å². The molecule has 0 saturated carbocycles. The van der Waals surface area contributed by atoms with Crippen LogP contribution in [0, 0.1) is 0 Å². The van der Waals surface area contributed by atoms with Crippen molar-refractivity contribution in [2.24, 2.45) is 0 Å². The third-order valence-electron chi connectivity index (χ3n) is 3.41. The van der Waals surface area contributed by atoms with Crippen molar-refractivity contribution in [2.75, 3.05) is 40.4 Å². The van der Waals surface area contributed by atoms with Gasteiger partial charge >= 0.3 is 0 Å². The molecule has 0 bridgehead atoms. The van der Waals surface area contributed by atoms with Crippen LogP contribution >= 0.6 is 0 Å². The van der Waals surface area contributed by atoms with Crippen LogP contribution in [0.1, 0.15) is 24.2 Å². The highest BCUT2D eigenvalue weighted by atomic mass is 16.5. The highest BCUT2D eigenvalue weighted by molar-refractivity contribution is 5.94. The Bertz CT molecular complexity index is 431. The zero-order valence-corrected chi connectivity index (χ0v) is 12.8. The summed E-state index contributed by atoms with van der Waals surface area (Å²) in [7, 11) is 3.13. The van der Waals surface area contributed by atoms with Crippen molar-refractivity contribution in [3.63, 3.8) is 0 Å². The molecule has 5 heteroatoms. The van der Waals surface area contributed by atoms with Gasteiger partial charge in [-0.1, -0.05) is 0 Å². The van der Waals surface area contributed by atoms with Crippen LogP contribution in [0.15, 0.2) is 18.2 Å². The number of nitrogens with one attached hydrogen (secondary N) is 2. The highest BCUT2D eigenvalue weighted by Crippen LogP contribution is 2.27. The van der Waals surface area contributed by atoms with E-state index in [0.717, 1.165) is 19.6 Å². The summed E-state index contributed by atoms with van der Waals surface area (Å²) in [5.74, 6) is 1.10. The summed E-state index contributed by atoms with van der Waals surface area (Å²) in [6.45, 7) is 8.05. The Hall–Kier alpha value is -1.75. The molecule has 0 unspecified atom stereocenters. The van der Waals surface area contributed by atoms with Gasteiger partial charge in [0, 0.05) is 5.56 Å². The second-order valence-electron chi connectivity index (χ2n) is 4.53. The van der Waals surface area contributed by atoms with Crippen LogP contribution in [-0.2, 0) is 0 Å². The number of methoxy groups -OCH3 is 2. The van der Waals surface area contributed by atoms with E-state index in [0.29, 0.717) is 23.6 Å². The average Bonchev–Trinajstić information content (AvgIpc) is 2.50. The summed E-state index contributed by atoms with van der Waals surface area (Å²) in [5.41, 5.74) is 0.581. The third-order valence-corrected chi connectivity index (χ3v) is 3.41. The second kappa shape index (κ2) is 8.43. The number of rotatable bonds is 8. The van der Waals surface area contributed by atoms with Gasteiger partial charge in [-0.05, 0) is 32.0 Å². The van der Waals surface area contributed by atoms with Gasteiger partial charge in [-0.15, -0.1) is 0 Å². The molecule has 0 aliphatic rings. The van der Waals surface area contributed by atoms with Gasteiger partial charge in [0.25, 0.3) is 5.91 Å². The van der Waals surface area contributed by atoms with Crippen LogP contribution < -0.4 is 19.7 Å². The molecule has 0 heterocycles. The SMILES string of the molecule is CC[NH+](CC)CCNC(=O)c1ccc(OC)c(OC)c1. The van der Waals surface area contributed by atoms with E-state index in [9.17, 15) is 4.79 Å². The lowest BCUT2D eigenvalue weighted by molar-refractivity contribution is -0.895. The molecular formula is C15H25N2O3+. The Labute approximate surface area is 120 Å². The van der Waals surface area contributed by atoms with E-state index in [4.69, 9.17) is 9.47 Å². The first-order valence-corrected chi connectivity index (χ1v) is 7.00. The van der Waals surface area contributed by atoms with E-state index >= 15 is 0 Å². The number of carbonyl (C=O) groups is 1. The van der Waals surface area contributed by atoms with Crippen molar-refractivity contribution in [1.29, 1.82) is 0 Å². The van der Waals surface area contributed by atoms with Crippen molar-refractivity contribution in [3.8, 4) is 11.5 Å². The van der Waals surface area contributed by atoms with E-state index in [1.54, 1.807) is 32.4 Å². The summed E-state index contributed by atoms with van der Waals surface area (Å²) in [6.07, 6.45) is 0. The molecule has 1 aromatic carbocycles. The number of carbonyl (C=O) groups excluding carboxylic acids is 1. The topological polar surface area (TPSA) is 52.0 Å². The molecule has 1 amide bonds.